The predicted molar refractivity (Wildman–Crippen MR) is 88.3 cm³/mol. The van der Waals surface area contributed by atoms with Crippen molar-refractivity contribution in [3.63, 3.8) is 0 Å². The average Bonchev–Trinajstić information content (AvgIpc) is 2.89. The van der Waals surface area contributed by atoms with E-state index in [-0.39, 0.29) is 29.0 Å². The minimum Gasteiger partial charge on any atom is -0.338 e. The Hall–Kier alpha value is -2.15. The maximum absolute atomic E-state index is 12.8. The SMILES string of the molecule is CN(C(=O)c1cc(=O)n(C)c2ccccc12)C1CCS(=O)(=O)C1. The van der Waals surface area contributed by atoms with Crippen LogP contribution in [0.2, 0.25) is 0 Å². The summed E-state index contributed by atoms with van der Waals surface area (Å²) in [7, 11) is 0.183. The Morgan fingerprint density at radius 2 is 2.00 bits per heavy atom. The number of para-hydroxylation sites is 1. The first-order chi connectivity index (χ1) is 10.8. The van der Waals surface area contributed by atoms with Crippen molar-refractivity contribution in [1.82, 2.24) is 9.47 Å². The molecule has 0 radical (unpaired) electrons. The van der Waals surface area contributed by atoms with Crippen molar-refractivity contribution in [3.05, 3.63) is 46.2 Å². The van der Waals surface area contributed by atoms with Crippen LogP contribution in [-0.4, -0.2) is 48.4 Å². The zero-order valence-corrected chi connectivity index (χ0v) is 13.8. The van der Waals surface area contributed by atoms with Crippen molar-refractivity contribution in [2.75, 3.05) is 18.6 Å². The van der Waals surface area contributed by atoms with Crippen molar-refractivity contribution < 1.29 is 13.2 Å². The van der Waals surface area contributed by atoms with Gasteiger partial charge in [-0.25, -0.2) is 8.42 Å². The summed E-state index contributed by atoms with van der Waals surface area (Å²) in [5.41, 5.74) is 0.728. The molecular formula is C16H18N2O4S. The molecule has 0 aliphatic carbocycles. The molecule has 2 aromatic rings. The van der Waals surface area contributed by atoms with Gasteiger partial charge in [0.25, 0.3) is 11.5 Å². The van der Waals surface area contributed by atoms with Gasteiger partial charge in [-0.2, -0.15) is 0 Å². The Morgan fingerprint density at radius 3 is 2.65 bits per heavy atom. The van der Waals surface area contributed by atoms with E-state index in [1.807, 2.05) is 12.1 Å². The van der Waals surface area contributed by atoms with E-state index >= 15 is 0 Å². The second kappa shape index (κ2) is 5.49. The second-order valence-corrected chi connectivity index (χ2v) is 8.17. The zero-order valence-electron chi connectivity index (χ0n) is 13.0. The zero-order chi connectivity index (χ0) is 16.8. The number of pyridine rings is 1. The number of hydrogen-bond acceptors (Lipinski definition) is 4. The Bertz CT molecular complexity index is 946. The average molecular weight is 334 g/mol. The highest BCUT2D eigenvalue weighted by Crippen LogP contribution is 2.22. The summed E-state index contributed by atoms with van der Waals surface area (Å²) in [6, 6.07) is 8.18. The van der Waals surface area contributed by atoms with Gasteiger partial charge in [-0.15, -0.1) is 0 Å². The molecule has 1 fully saturated rings. The molecule has 3 rings (SSSR count). The number of aryl methyl sites for hydroxylation is 1. The van der Waals surface area contributed by atoms with Gasteiger partial charge in [0.1, 0.15) is 0 Å². The van der Waals surface area contributed by atoms with E-state index in [9.17, 15) is 18.0 Å². The van der Waals surface area contributed by atoms with Gasteiger partial charge in [0.05, 0.1) is 22.6 Å². The van der Waals surface area contributed by atoms with Crippen molar-refractivity contribution in [1.29, 1.82) is 0 Å². The highest BCUT2D eigenvalue weighted by molar-refractivity contribution is 7.91. The summed E-state index contributed by atoms with van der Waals surface area (Å²) in [4.78, 5) is 26.4. The van der Waals surface area contributed by atoms with Gasteiger partial charge >= 0.3 is 0 Å². The lowest BCUT2D eigenvalue weighted by atomic mass is 10.1. The standard InChI is InChI=1S/C16H18N2O4S/c1-17(11-7-8-23(21,22)10-11)16(20)13-9-15(19)18(2)14-6-4-3-5-12(13)14/h3-6,9,11H,7-8,10H2,1-2H3. The fourth-order valence-electron chi connectivity index (χ4n) is 3.02. The molecule has 1 unspecified atom stereocenters. The van der Waals surface area contributed by atoms with Crippen LogP contribution in [0, 0.1) is 0 Å². The van der Waals surface area contributed by atoms with Crippen LogP contribution in [0.5, 0.6) is 0 Å². The van der Waals surface area contributed by atoms with Crippen molar-refractivity contribution in [2.24, 2.45) is 7.05 Å². The Labute approximate surface area is 134 Å². The summed E-state index contributed by atoms with van der Waals surface area (Å²) >= 11 is 0. The van der Waals surface area contributed by atoms with Crippen LogP contribution in [-0.2, 0) is 16.9 Å². The van der Waals surface area contributed by atoms with Gasteiger partial charge in [-0.1, -0.05) is 18.2 Å². The number of amides is 1. The van der Waals surface area contributed by atoms with Gasteiger partial charge in [-0.3, -0.25) is 9.59 Å². The van der Waals surface area contributed by atoms with Crippen LogP contribution >= 0.6 is 0 Å². The second-order valence-electron chi connectivity index (χ2n) is 5.95. The van der Waals surface area contributed by atoms with Crippen molar-refractivity contribution in [3.8, 4) is 0 Å². The number of rotatable bonds is 2. The number of carbonyl (C=O) groups is 1. The lowest BCUT2D eigenvalue weighted by Gasteiger charge is -2.24. The van der Waals surface area contributed by atoms with Crippen LogP contribution in [0.3, 0.4) is 0 Å². The molecule has 2 heterocycles. The fourth-order valence-corrected chi connectivity index (χ4v) is 4.80. The van der Waals surface area contributed by atoms with Gasteiger partial charge < -0.3 is 9.47 Å². The molecule has 122 valence electrons. The highest BCUT2D eigenvalue weighted by Gasteiger charge is 2.33. The molecule has 6 nitrogen and oxygen atoms in total. The van der Waals surface area contributed by atoms with Crippen LogP contribution in [0.4, 0.5) is 0 Å². The van der Waals surface area contributed by atoms with Crippen LogP contribution in [0.15, 0.2) is 35.1 Å². The molecular weight excluding hydrogens is 316 g/mol. The first-order valence-corrected chi connectivity index (χ1v) is 9.18. The molecule has 0 bridgehead atoms. The first kappa shape index (κ1) is 15.7. The molecule has 1 aliphatic heterocycles. The normalized spacial score (nSPS) is 19.8. The number of sulfone groups is 1. The third-order valence-electron chi connectivity index (χ3n) is 4.46. The van der Waals surface area contributed by atoms with E-state index in [0.717, 1.165) is 0 Å². The first-order valence-electron chi connectivity index (χ1n) is 7.36. The van der Waals surface area contributed by atoms with Crippen LogP contribution in [0.25, 0.3) is 10.9 Å². The smallest absolute Gasteiger partial charge is 0.254 e. The largest absolute Gasteiger partial charge is 0.338 e. The van der Waals surface area contributed by atoms with Gasteiger partial charge in [0.15, 0.2) is 9.84 Å². The molecule has 1 saturated heterocycles. The third kappa shape index (κ3) is 2.76. The van der Waals surface area contributed by atoms with Gasteiger partial charge in [0, 0.05) is 31.6 Å². The molecule has 1 aromatic carbocycles. The summed E-state index contributed by atoms with van der Waals surface area (Å²) in [6.45, 7) is 0. The number of fused-ring (bicyclic) bond motifs is 1. The molecule has 1 atom stereocenters. The lowest BCUT2D eigenvalue weighted by molar-refractivity contribution is 0.0749. The van der Waals surface area contributed by atoms with E-state index in [1.54, 1.807) is 26.2 Å². The Morgan fingerprint density at radius 1 is 1.30 bits per heavy atom. The van der Waals surface area contributed by atoms with E-state index in [4.69, 9.17) is 0 Å². The third-order valence-corrected chi connectivity index (χ3v) is 6.21. The van der Waals surface area contributed by atoms with Crippen LogP contribution in [0.1, 0.15) is 16.8 Å². The van der Waals surface area contributed by atoms with E-state index in [0.29, 0.717) is 22.9 Å². The molecule has 0 saturated carbocycles. The minimum absolute atomic E-state index is 0.0159. The lowest BCUT2D eigenvalue weighted by Crippen LogP contribution is -2.38. The molecule has 7 heteroatoms. The summed E-state index contributed by atoms with van der Waals surface area (Å²) in [6.07, 6.45) is 0.438. The Kier molecular flexibility index (Phi) is 3.75. The number of aromatic nitrogens is 1. The monoisotopic (exact) mass is 334 g/mol. The number of carbonyl (C=O) groups excluding carboxylic acids is 1. The maximum atomic E-state index is 12.8. The van der Waals surface area contributed by atoms with Crippen molar-refractivity contribution in [2.45, 2.75) is 12.5 Å². The Balaban J connectivity index is 2.05. The van der Waals surface area contributed by atoms with E-state index < -0.39 is 9.84 Å². The molecule has 1 aromatic heterocycles. The number of nitrogens with zero attached hydrogens (tertiary/aromatic N) is 2. The van der Waals surface area contributed by atoms with Crippen molar-refractivity contribution >= 4 is 26.6 Å². The van der Waals surface area contributed by atoms with Gasteiger partial charge in [-0.05, 0) is 12.5 Å². The summed E-state index contributed by atoms with van der Waals surface area (Å²) in [5.74, 6) is -0.231. The molecule has 1 aliphatic rings. The highest BCUT2D eigenvalue weighted by atomic mass is 32.2. The molecule has 1 amide bonds. The molecule has 0 N–H and O–H groups in total. The maximum Gasteiger partial charge on any atom is 0.254 e. The predicted octanol–water partition coefficient (Wildman–Crippen LogP) is 0.798. The quantitative estimate of drug-likeness (QED) is 0.814. The summed E-state index contributed by atoms with van der Waals surface area (Å²) in [5, 5.41) is 0.687. The topological polar surface area (TPSA) is 76.5 Å². The van der Waals surface area contributed by atoms with Crippen LogP contribution < -0.4 is 5.56 Å². The number of hydrogen-bond donors (Lipinski definition) is 0. The minimum atomic E-state index is -3.07. The van der Waals surface area contributed by atoms with E-state index in [1.165, 1.54) is 15.5 Å². The summed E-state index contributed by atoms with van der Waals surface area (Å²) < 4.78 is 24.7. The van der Waals surface area contributed by atoms with E-state index in [2.05, 4.69) is 0 Å². The molecule has 0 spiro atoms. The molecule has 23 heavy (non-hydrogen) atoms. The fraction of sp³-hybridized carbons (Fsp3) is 0.375. The number of benzene rings is 1. The van der Waals surface area contributed by atoms with Gasteiger partial charge in [0.2, 0.25) is 0 Å².